The van der Waals surface area contributed by atoms with Crippen molar-refractivity contribution in [3.63, 3.8) is 0 Å². The highest BCUT2D eigenvalue weighted by Gasteiger charge is 2.59. The molecule has 1 heterocycles. The van der Waals surface area contributed by atoms with E-state index in [1.807, 2.05) is 0 Å². The van der Waals surface area contributed by atoms with Crippen LogP contribution in [0.15, 0.2) is 0 Å². The predicted molar refractivity (Wildman–Crippen MR) is 45.5 cm³/mol. The summed E-state index contributed by atoms with van der Waals surface area (Å²) in [5, 5.41) is 9.78. The van der Waals surface area contributed by atoms with Crippen LogP contribution in [0.2, 0.25) is 0 Å². The first-order valence-corrected chi connectivity index (χ1v) is 4.09. The maximum Gasteiger partial charge on any atom is 0.352 e. The maximum absolute atomic E-state index is 11.2. The zero-order chi connectivity index (χ0) is 9.73. The number of carbonyl (C=O) groups is 1. The second kappa shape index (κ2) is 2.40. The van der Waals surface area contributed by atoms with E-state index in [1.165, 1.54) is 6.92 Å². The molecule has 1 N–H and O–H groups in total. The highest BCUT2D eigenvalue weighted by Crippen LogP contribution is 2.41. The summed E-state index contributed by atoms with van der Waals surface area (Å²) in [7, 11) is 0. The topological polar surface area (TPSA) is 43.8 Å². The van der Waals surface area contributed by atoms with Gasteiger partial charge in [0.2, 0.25) is 0 Å². The molecule has 1 unspecified atom stereocenters. The number of hydrogen-bond donors (Lipinski definition) is 1. The van der Waals surface area contributed by atoms with E-state index in [4.69, 9.17) is 23.6 Å². The molecule has 2 amide bonds. The molecule has 1 atom stereocenters. The van der Waals surface area contributed by atoms with Crippen molar-refractivity contribution in [2.45, 2.75) is 32.0 Å². The SMILES string of the molecule is CC1(C)N(Cl)C(=O)N(Cl)C1(C)O. The molecule has 0 bridgehead atoms. The minimum absolute atomic E-state index is 0.617. The van der Waals surface area contributed by atoms with Crippen LogP contribution in [0.5, 0.6) is 0 Å². The lowest BCUT2D eigenvalue weighted by Gasteiger charge is -2.34. The number of carbonyl (C=O) groups excluding carboxylic acids is 1. The van der Waals surface area contributed by atoms with Gasteiger partial charge >= 0.3 is 6.03 Å². The molecule has 6 heteroatoms. The molecular weight excluding hydrogens is 203 g/mol. The number of urea groups is 1. The third-order valence-electron chi connectivity index (χ3n) is 2.37. The molecule has 0 radical (unpaired) electrons. The third kappa shape index (κ3) is 0.917. The molecule has 12 heavy (non-hydrogen) atoms. The summed E-state index contributed by atoms with van der Waals surface area (Å²) < 4.78 is 1.58. The third-order valence-corrected chi connectivity index (χ3v) is 3.41. The number of amides is 2. The molecule has 0 spiro atoms. The Bertz CT molecular complexity index is 208. The van der Waals surface area contributed by atoms with E-state index in [0.29, 0.717) is 4.42 Å². The fourth-order valence-electron chi connectivity index (χ4n) is 0.929. The Balaban J connectivity index is 3.14. The lowest BCUT2D eigenvalue weighted by molar-refractivity contribution is -0.0641. The van der Waals surface area contributed by atoms with Gasteiger partial charge in [-0.15, -0.1) is 0 Å². The molecule has 0 aromatic carbocycles. The van der Waals surface area contributed by atoms with E-state index in [0.717, 1.165) is 4.42 Å². The zero-order valence-corrected chi connectivity index (χ0v) is 8.52. The van der Waals surface area contributed by atoms with Crippen LogP contribution in [-0.4, -0.2) is 31.2 Å². The molecule has 70 valence electrons. The highest BCUT2D eigenvalue weighted by atomic mass is 35.5. The monoisotopic (exact) mass is 212 g/mol. The first-order valence-electron chi connectivity index (χ1n) is 3.41. The van der Waals surface area contributed by atoms with Crippen molar-refractivity contribution >= 4 is 29.6 Å². The molecule has 1 aliphatic heterocycles. The zero-order valence-electron chi connectivity index (χ0n) is 7.01. The van der Waals surface area contributed by atoms with Crippen molar-refractivity contribution in [3.8, 4) is 0 Å². The van der Waals surface area contributed by atoms with E-state index < -0.39 is 17.3 Å². The number of hydrogen-bond acceptors (Lipinski definition) is 2. The van der Waals surface area contributed by atoms with E-state index in [-0.39, 0.29) is 0 Å². The molecule has 0 aromatic rings. The first kappa shape index (κ1) is 9.89. The van der Waals surface area contributed by atoms with Crippen LogP contribution in [0.1, 0.15) is 20.8 Å². The standard InChI is InChI=1S/C6H10Cl2N2O2/c1-5(2)6(3,12)10(8)4(11)9(5)7/h12H,1-3H3. The van der Waals surface area contributed by atoms with Gasteiger partial charge in [0, 0.05) is 23.6 Å². The summed E-state index contributed by atoms with van der Waals surface area (Å²) in [4.78, 5) is 11.2. The van der Waals surface area contributed by atoms with Gasteiger partial charge in [-0.1, -0.05) is 0 Å². The van der Waals surface area contributed by atoms with Gasteiger partial charge in [0.1, 0.15) is 5.54 Å². The largest absolute Gasteiger partial charge is 0.368 e. The van der Waals surface area contributed by atoms with Crippen LogP contribution >= 0.6 is 23.6 Å². The van der Waals surface area contributed by atoms with Gasteiger partial charge in [0.15, 0.2) is 5.72 Å². The van der Waals surface area contributed by atoms with Gasteiger partial charge in [-0.05, 0) is 20.8 Å². The average Bonchev–Trinajstić information content (AvgIpc) is 2.05. The molecular formula is C6H10Cl2N2O2. The second-order valence-electron chi connectivity index (χ2n) is 3.42. The van der Waals surface area contributed by atoms with Crippen LogP contribution in [0.3, 0.4) is 0 Å². The summed E-state index contributed by atoms with van der Waals surface area (Å²) in [6, 6.07) is -0.617. The van der Waals surface area contributed by atoms with Crippen molar-refractivity contribution in [2.75, 3.05) is 0 Å². The van der Waals surface area contributed by atoms with Gasteiger partial charge in [0.25, 0.3) is 0 Å². The van der Waals surface area contributed by atoms with Crippen LogP contribution in [0.25, 0.3) is 0 Å². The van der Waals surface area contributed by atoms with Crippen molar-refractivity contribution in [1.82, 2.24) is 8.84 Å². The van der Waals surface area contributed by atoms with Crippen molar-refractivity contribution < 1.29 is 9.90 Å². The smallest absolute Gasteiger partial charge is 0.352 e. The van der Waals surface area contributed by atoms with E-state index in [9.17, 15) is 9.90 Å². The van der Waals surface area contributed by atoms with Gasteiger partial charge in [0.05, 0.1) is 0 Å². The average molecular weight is 213 g/mol. The molecule has 0 saturated carbocycles. The Morgan fingerprint density at radius 3 is 1.75 bits per heavy atom. The Morgan fingerprint density at radius 1 is 1.25 bits per heavy atom. The fraction of sp³-hybridized carbons (Fsp3) is 0.833. The van der Waals surface area contributed by atoms with Gasteiger partial charge in [-0.25, -0.2) is 13.6 Å². The van der Waals surface area contributed by atoms with E-state index in [2.05, 4.69) is 0 Å². The minimum atomic E-state index is -1.46. The molecule has 0 aromatic heterocycles. The van der Waals surface area contributed by atoms with Gasteiger partial charge < -0.3 is 5.11 Å². The summed E-state index contributed by atoms with van der Waals surface area (Å²) >= 11 is 11.2. The quantitative estimate of drug-likeness (QED) is 0.620. The van der Waals surface area contributed by atoms with Gasteiger partial charge in [-0.2, -0.15) is 0 Å². The lowest BCUT2D eigenvalue weighted by atomic mass is 9.94. The van der Waals surface area contributed by atoms with Crippen molar-refractivity contribution in [2.24, 2.45) is 0 Å². The summed E-state index contributed by atoms with van der Waals surface area (Å²) in [5.41, 5.74) is -2.37. The summed E-state index contributed by atoms with van der Waals surface area (Å²) in [5.74, 6) is 0. The Kier molecular flexibility index (Phi) is 1.98. The van der Waals surface area contributed by atoms with E-state index >= 15 is 0 Å². The molecule has 1 fully saturated rings. The normalized spacial score (nSPS) is 34.7. The number of aliphatic hydroxyl groups is 1. The first-order chi connectivity index (χ1) is 5.23. The van der Waals surface area contributed by atoms with Crippen LogP contribution in [0, 0.1) is 0 Å². The predicted octanol–water partition coefficient (Wildman–Crippen LogP) is 1.52. The highest BCUT2D eigenvalue weighted by molar-refractivity contribution is 6.29. The van der Waals surface area contributed by atoms with Gasteiger partial charge in [-0.3, -0.25) is 0 Å². The second-order valence-corrected chi connectivity index (χ2v) is 4.10. The van der Waals surface area contributed by atoms with E-state index in [1.54, 1.807) is 13.8 Å². The van der Waals surface area contributed by atoms with Crippen LogP contribution in [0.4, 0.5) is 4.79 Å². The summed E-state index contributed by atoms with van der Waals surface area (Å²) in [6.07, 6.45) is 0. The summed E-state index contributed by atoms with van der Waals surface area (Å²) in [6.45, 7) is 4.68. The number of halogens is 2. The van der Waals surface area contributed by atoms with Crippen molar-refractivity contribution in [3.05, 3.63) is 0 Å². The van der Waals surface area contributed by atoms with Crippen molar-refractivity contribution in [1.29, 1.82) is 0 Å². The maximum atomic E-state index is 11.2. The van der Waals surface area contributed by atoms with Crippen LogP contribution in [-0.2, 0) is 0 Å². The van der Waals surface area contributed by atoms with Crippen LogP contribution < -0.4 is 0 Å². The fourth-order valence-corrected chi connectivity index (χ4v) is 1.49. The Labute approximate surface area is 80.9 Å². The Hall–Kier alpha value is -0.190. The number of rotatable bonds is 0. The molecule has 4 nitrogen and oxygen atoms in total. The molecule has 1 saturated heterocycles. The minimum Gasteiger partial charge on any atom is -0.368 e. The lowest BCUT2D eigenvalue weighted by Crippen LogP contribution is -2.52. The molecule has 0 aliphatic carbocycles. The molecule has 1 rings (SSSR count). The Morgan fingerprint density at radius 2 is 1.67 bits per heavy atom. The molecule has 1 aliphatic rings. The number of nitrogens with zero attached hydrogens (tertiary/aromatic N) is 2.